The Morgan fingerprint density at radius 2 is 2.26 bits per heavy atom. The Balaban J connectivity index is 1.64. The van der Waals surface area contributed by atoms with Crippen LogP contribution in [-0.4, -0.2) is 21.4 Å². The van der Waals surface area contributed by atoms with Gasteiger partial charge in [0, 0.05) is 10.9 Å². The molecule has 1 heterocycles. The summed E-state index contributed by atoms with van der Waals surface area (Å²) < 4.78 is 6.22. The number of hydrogen-bond donors (Lipinski definition) is 1. The first kappa shape index (κ1) is 12.8. The summed E-state index contributed by atoms with van der Waals surface area (Å²) >= 11 is 3.44. The second-order valence-electron chi connectivity index (χ2n) is 5.02. The molecule has 1 N–H and O–H groups in total. The third kappa shape index (κ3) is 3.42. The number of aromatic nitrogens is 2. The van der Waals surface area contributed by atoms with Crippen molar-refractivity contribution < 1.29 is 9.63 Å². The maximum atomic E-state index is 9.84. The second kappa shape index (κ2) is 5.43. The van der Waals surface area contributed by atoms with Gasteiger partial charge in [0.05, 0.1) is 12.5 Å². The molecule has 1 aliphatic rings. The summed E-state index contributed by atoms with van der Waals surface area (Å²) in [6.07, 6.45) is 3.00. The highest BCUT2D eigenvalue weighted by Crippen LogP contribution is 2.33. The van der Waals surface area contributed by atoms with Crippen LogP contribution in [0.25, 0.3) is 0 Å². The van der Waals surface area contributed by atoms with Crippen LogP contribution in [-0.2, 0) is 12.8 Å². The van der Waals surface area contributed by atoms with Crippen LogP contribution in [0.2, 0.25) is 0 Å². The summed E-state index contributed by atoms with van der Waals surface area (Å²) in [7, 11) is 0. The number of benzene rings is 1. The molecular weight excluding hydrogens is 308 g/mol. The van der Waals surface area contributed by atoms with Crippen LogP contribution < -0.4 is 0 Å². The molecule has 1 atom stereocenters. The van der Waals surface area contributed by atoms with E-state index in [1.807, 2.05) is 24.3 Å². The van der Waals surface area contributed by atoms with E-state index >= 15 is 0 Å². The summed E-state index contributed by atoms with van der Waals surface area (Å²) in [6, 6.07) is 8.03. The Kier molecular flexibility index (Phi) is 3.66. The van der Waals surface area contributed by atoms with E-state index in [-0.39, 0.29) is 6.10 Å². The minimum absolute atomic E-state index is 0.334. The van der Waals surface area contributed by atoms with Crippen molar-refractivity contribution >= 4 is 15.9 Å². The Morgan fingerprint density at radius 3 is 3.00 bits per heavy atom. The normalized spacial score (nSPS) is 16.5. The number of halogens is 1. The molecule has 1 unspecified atom stereocenters. The first-order chi connectivity index (χ1) is 9.20. The predicted octanol–water partition coefficient (Wildman–Crippen LogP) is 2.74. The van der Waals surface area contributed by atoms with E-state index in [1.54, 1.807) is 0 Å². The third-order valence-electron chi connectivity index (χ3n) is 3.31. The fourth-order valence-electron chi connectivity index (χ4n) is 2.10. The molecule has 0 aliphatic heterocycles. The first-order valence-corrected chi connectivity index (χ1v) is 7.24. The fourth-order valence-corrected chi connectivity index (χ4v) is 2.55. The summed E-state index contributed by atoms with van der Waals surface area (Å²) in [4.78, 5) is 4.33. The van der Waals surface area contributed by atoms with Crippen LogP contribution in [0.1, 0.15) is 30.1 Å². The Labute approximate surface area is 120 Å². The Morgan fingerprint density at radius 1 is 1.42 bits per heavy atom. The van der Waals surface area contributed by atoms with Gasteiger partial charge < -0.3 is 9.63 Å². The molecule has 1 saturated carbocycles. The lowest BCUT2D eigenvalue weighted by atomic mass is 10.1. The zero-order chi connectivity index (χ0) is 13.2. The largest absolute Gasteiger partial charge is 0.392 e. The van der Waals surface area contributed by atoms with Gasteiger partial charge in [-0.1, -0.05) is 33.2 Å². The lowest BCUT2D eigenvalue weighted by Crippen LogP contribution is -2.12. The molecule has 1 aromatic carbocycles. The molecule has 0 spiro atoms. The Hall–Kier alpha value is -1.20. The van der Waals surface area contributed by atoms with E-state index in [9.17, 15) is 5.11 Å². The molecule has 3 rings (SSSR count). The van der Waals surface area contributed by atoms with Crippen LogP contribution in [0.4, 0.5) is 0 Å². The standard InChI is InChI=1S/C14H15BrN2O2/c15-11-3-1-2-9(6-11)7-13-16-14(19-17-13)8-12(18)10-4-5-10/h1-3,6,10,12,18H,4-5,7-8H2. The predicted molar refractivity (Wildman–Crippen MR) is 73.7 cm³/mol. The monoisotopic (exact) mass is 322 g/mol. The fraction of sp³-hybridized carbons (Fsp3) is 0.429. The lowest BCUT2D eigenvalue weighted by Gasteiger charge is -2.03. The van der Waals surface area contributed by atoms with Gasteiger partial charge in [0.25, 0.3) is 0 Å². The average Bonchev–Trinajstić information content (AvgIpc) is 3.13. The van der Waals surface area contributed by atoms with Gasteiger partial charge in [0.15, 0.2) is 5.82 Å². The van der Waals surface area contributed by atoms with Gasteiger partial charge in [0.2, 0.25) is 5.89 Å². The first-order valence-electron chi connectivity index (χ1n) is 6.44. The maximum Gasteiger partial charge on any atom is 0.229 e. The zero-order valence-electron chi connectivity index (χ0n) is 10.4. The highest BCUT2D eigenvalue weighted by molar-refractivity contribution is 9.10. The third-order valence-corrected chi connectivity index (χ3v) is 3.80. The summed E-state index contributed by atoms with van der Waals surface area (Å²) in [6.45, 7) is 0. The van der Waals surface area contributed by atoms with Gasteiger partial charge in [0.1, 0.15) is 0 Å². The number of nitrogens with zero attached hydrogens (tertiary/aromatic N) is 2. The maximum absolute atomic E-state index is 9.84. The number of rotatable bonds is 5. The van der Waals surface area contributed by atoms with Crippen LogP contribution in [0.15, 0.2) is 33.3 Å². The topological polar surface area (TPSA) is 59.2 Å². The van der Waals surface area contributed by atoms with Gasteiger partial charge in [-0.2, -0.15) is 4.98 Å². The molecule has 1 aromatic heterocycles. The zero-order valence-corrected chi connectivity index (χ0v) is 12.0. The van der Waals surface area contributed by atoms with E-state index in [4.69, 9.17) is 4.52 Å². The average molecular weight is 323 g/mol. The summed E-state index contributed by atoms with van der Waals surface area (Å²) in [5, 5.41) is 13.8. The van der Waals surface area contributed by atoms with Crippen molar-refractivity contribution in [1.29, 1.82) is 0 Å². The van der Waals surface area contributed by atoms with Crippen LogP contribution in [0.3, 0.4) is 0 Å². The SMILES string of the molecule is OC(Cc1nc(Cc2cccc(Br)c2)no1)C1CC1. The van der Waals surface area contributed by atoms with Crippen LogP contribution in [0, 0.1) is 5.92 Å². The molecule has 2 aromatic rings. The smallest absolute Gasteiger partial charge is 0.229 e. The van der Waals surface area contributed by atoms with Gasteiger partial charge in [-0.25, -0.2) is 0 Å². The van der Waals surface area contributed by atoms with Crippen molar-refractivity contribution in [3.63, 3.8) is 0 Å². The van der Waals surface area contributed by atoms with E-state index in [0.717, 1.165) is 22.9 Å². The van der Waals surface area contributed by atoms with E-state index in [2.05, 4.69) is 26.1 Å². The summed E-state index contributed by atoms with van der Waals surface area (Å²) in [5.41, 5.74) is 1.13. The van der Waals surface area contributed by atoms with Crippen molar-refractivity contribution in [3.8, 4) is 0 Å². The van der Waals surface area contributed by atoms with Gasteiger partial charge in [-0.15, -0.1) is 0 Å². The van der Waals surface area contributed by atoms with Gasteiger partial charge >= 0.3 is 0 Å². The summed E-state index contributed by atoms with van der Waals surface area (Å²) in [5.74, 6) is 1.63. The van der Waals surface area contributed by atoms with Crippen LogP contribution in [0.5, 0.6) is 0 Å². The van der Waals surface area contributed by atoms with Crippen molar-refractivity contribution in [2.75, 3.05) is 0 Å². The van der Waals surface area contributed by atoms with Crippen molar-refractivity contribution in [2.24, 2.45) is 5.92 Å². The van der Waals surface area contributed by atoms with Gasteiger partial charge in [-0.05, 0) is 36.5 Å². The molecule has 4 nitrogen and oxygen atoms in total. The molecule has 1 aliphatic carbocycles. The van der Waals surface area contributed by atoms with Gasteiger partial charge in [-0.3, -0.25) is 0 Å². The molecule has 0 radical (unpaired) electrons. The molecule has 100 valence electrons. The van der Waals surface area contributed by atoms with Crippen molar-refractivity contribution in [2.45, 2.75) is 31.8 Å². The molecule has 5 heteroatoms. The molecule has 0 saturated heterocycles. The lowest BCUT2D eigenvalue weighted by molar-refractivity contribution is 0.140. The number of aliphatic hydroxyl groups excluding tert-OH is 1. The highest BCUT2D eigenvalue weighted by Gasteiger charge is 2.31. The Bertz CT molecular complexity index is 566. The van der Waals surface area contributed by atoms with Crippen molar-refractivity contribution in [3.05, 3.63) is 46.0 Å². The quantitative estimate of drug-likeness (QED) is 0.919. The molecule has 0 amide bonds. The highest BCUT2D eigenvalue weighted by atomic mass is 79.9. The minimum atomic E-state index is -0.334. The molecular formula is C14H15BrN2O2. The van der Waals surface area contributed by atoms with E-state index < -0.39 is 0 Å². The van der Waals surface area contributed by atoms with Crippen molar-refractivity contribution in [1.82, 2.24) is 10.1 Å². The number of hydrogen-bond acceptors (Lipinski definition) is 4. The van der Waals surface area contributed by atoms with E-state index in [1.165, 1.54) is 0 Å². The molecule has 19 heavy (non-hydrogen) atoms. The van der Waals surface area contributed by atoms with E-state index in [0.29, 0.717) is 30.5 Å². The minimum Gasteiger partial charge on any atom is -0.392 e. The molecule has 1 fully saturated rings. The second-order valence-corrected chi connectivity index (χ2v) is 5.94. The van der Waals surface area contributed by atoms with Crippen LogP contribution >= 0.6 is 15.9 Å². The number of aliphatic hydroxyl groups is 1. The molecule has 0 bridgehead atoms.